The third-order valence-electron chi connectivity index (χ3n) is 7.48. The number of hydrogen-bond donors (Lipinski definition) is 0. The molecule has 2 aliphatic heterocycles. The fourth-order valence-corrected chi connectivity index (χ4v) is 5.61. The van der Waals surface area contributed by atoms with Gasteiger partial charge in [0.05, 0.1) is 36.4 Å². The first-order valence-electron chi connectivity index (χ1n) is 13.7. The minimum atomic E-state index is -4.59. The molecule has 3 aromatic rings. The Morgan fingerprint density at radius 1 is 0.977 bits per heavy atom. The number of amidine groups is 1. The molecule has 0 radical (unpaired) electrons. The standard InChI is InChI=1S/C31H28Cl2F3N5O2.ClH/c1-2-43-26-19-22(31(34,35)36)7-12-25(26)29-38-27(20-3-8-23(32)9-4-20)28(21-5-10-24(33)11-6-21)41(29)30(42)40-17-15-39(14-13-37)16-18-40;/h3-12,19,27-28H,2,14-18H2,1H3;1H. The van der Waals surface area contributed by atoms with E-state index in [4.69, 9.17) is 38.2 Å². The molecule has 7 nitrogen and oxygen atoms in total. The van der Waals surface area contributed by atoms with Crippen molar-refractivity contribution < 1.29 is 22.7 Å². The summed E-state index contributed by atoms with van der Waals surface area (Å²) >= 11 is 12.4. The van der Waals surface area contributed by atoms with Gasteiger partial charge in [-0.05, 0) is 60.5 Å². The van der Waals surface area contributed by atoms with Crippen LogP contribution in [0.25, 0.3) is 0 Å². The van der Waals surface area contributed by atoms with Crippen LogP contribution in [0.5, 0.6) is 5.75 Å². The Hall–Kier alpha value is -3.49. The van der Waals surface area contributed by atoms with Crippen molar-refractivity contribution in [1.82, 2.24) is 14.7 Å². The predicted octanol–water partition coefficient (Wildman–Crippen LogP) is 7.64. The smallest absolute Gasteiger partial charge is 0.416 e. The highest BCUT2D eigenvalue weighted by Crippen LogP contribution is 2.46. The Kier molecular flexibility index (Phi) is 10.7. The maximum atomic E-state index is 14.4. The van der Waals surface area contributed by atoms with Crippen molar-refractivity contribution >= 4 is 47.5 Å². The molecule has 2 unspecified atom stereocenters. The molecule has 0 N–H and O–H groups in total. The summed E-state index contributed by atoms with van der Waals surface area (Å²) in [4.78, 5) is 24.7. The number of benzene rings is 3. The highest BCUT2D eigenvalue weighted by atomic mass is 35.5. The average molecular weight is 667 g/mol. The third-order valence-corrected chi connectivity index (χ3v) is 7.99. The zero-order chi connectivity index (χ0) is 30.7. The van der Waals surface area contributed by atoms with Gasteiger partial charge in [-0.25, -0.2) is 4.79 Å². The number of carbonyl (C=O) groups is 1. The molecule has 0 bridgehead atoms. The SMILES string of the molecule is CCOc1cc(C(F)(F)F)ccc1C1=NC(c2ccc(Cl)cc2)C(c2ccc(Cl)cc2)N1C(=O)N1CCN(CC#N)CC1.Cl. The van der Waals surface area contributed by atoms with E-state index in [0.29, 0.717) is 36.2 Å². The largest absolute Gasteiger partial charge is 0.493 e. The van der Waals surface area contributed by atoms with Crippen molar-refractivity contribution in [2.75, 3.05) is 39.3 Å². The molecule has 0 aromatic heterocycles. The number of halogens is 6. The number of carbonyl (C=O) groups excluding carboxylic acids is 1. The maximum Gasteiger partial charge on any atom is 0.416 e. The van der Waals surface area contributed by atoms with Gasteiger partial charge in [0.1, 0.15) is 17.6 Å². The number of aliphatic imine (C=N–C) groups is 1. The van der Waals surface area contributed by atoms with Gasteiger partial charge in [-0.15, -0.1) is 12.4 Å². The molecule has 5 rings (SSSR count). The van der Waals surface area contributed by atoms with E-state index in [9.17, 15) is 18.0 Å². The van der Waals surface area contributed by atoms with Gasteiger partial charge in [0.15, 0.2) is 0 Å². The number of nitrogens with zero attached hydrogens (tertiary/aromatic N) is 5. The lowest BCUT2D eigenvalue weighted by molar-refractivity contribution is -0.137. The average Bonchev–Trinajstić information content (AvgIpc) is 3.38. The monoisotopic (exact) mass is 665 g/mol. The molecule has 3 aromatic carbocycles. The Morgan fingerprint density at radius 3 is 2.11 bits per heavy atom. The third kappa shape index (κ3) is 7.08. The van der Waals surface area contributed by atoms with Gasteiger partial charge < -0.3 is 9.64 Å². The first-order chi connectivity index (χ1) is 20.6. The molecule has 1 saturated heterocycles. The zero-order valence-corrected chi connectivity index (χ0v) is 25.9. The number of nitriles is 1. The van der Waals surface area contributed by atoms with Gasteiger partial charge in [0, 0.05) is 36.2 Å². The van der Waals surface area contributed by atoms with Crippen LogP contribution < -0.4 is 4.74 Å². The van der Waals surface area contributed by atoms with Crippen LogP contribution in [-0.2, 0) is 6.18 Å². The van der Waals surface area contributed by atoms with E-state index in [2.05, 4.69) is 6.07 Å². The lowest BCUT2D eigenvalue weighted by Gasteiger charge is -2.38. The first kappa shape index (κ1) is 33.4. The van der Waals surface area contributed by atoms with Gasteiger partial charge in [-0.2, -0.15) is 18.4 Å². The van der Waals surface area contributed by atoms with E-state index in [1.165, 1.54) is 6.07 Å². The molecule has 0 spiro atoms. The first-order valence-corrected chi connectivity index (χ1v) is 14.5. The van der Waals surface area contributed by atoms with Crippen LogP contribution in [0.2, 0.25) is 10.0 Å². The summed E-state index contributed by atoms with van der Waals surface area (Å²) in [6.07, 6.45) is -4.59. The normalized spacial score (nSPS) is 18.8. The molecular weight excluding hydrogens is 638 g/mol. The number of alkyl halides is 3. The quantitative estimate of drug-likeness (QED) is 0.254. The highest BCUT2D eigenvalue weighted by Gasteiger charge is 2.45. The van der Waals surface area contributed by atoms with Crippen LogP contribution in [0.1, 0.15) is 41.3 Å². The molecule has 44 heavy (non-hydrogen) atoms. The fourth-order valence-electron chi connectivity index (χ4n) is 5.36. The molecule has 1 fully saturated rings. The predicted molar refractivity (Wildman–Crippen MR) is 166 cm³/mol. The summed E-state index contributed by atoms with van der Waals surface area (Å²) in [5, 5.41) is 10.1. The molecule has 2 aliphatic rings. The molecule has 0 aliphatic carbocycles. The van der Waals surface area contributed by atoms with Crippen LogP contribution in [0.4, 0.5) is 18.0 Å². The topological polar surface area (TPSA) is 72.2 Å². The Labute approximate surface area is 269 Å². The van der Waals surface area contributed by atoms with Crippen molar-refractivity contribution in [1.29, 1.82) is 5.26 Å². The van der Waals surface area contributed by atoms with E-state index in [-0.39, 0.29) is 48.7 Å². The van der Waals surface area contributed by atoms with Crippen LogP contribution >= 0.6 is 35.6 Å². The number of piperazine rings is 1. The second-order valence-electron chi connectivity index (χ2n) is 10.2. The highest BCUT2D eigenvalue weighted by molar-refractivity contribution is 6.30. The van der Waals surface area contributed by atoms with Gasteiger partial charge in [0.25, 0.3) is 0 Å². The lowest BCUT2D eigenvalue weighted by atomic mass is 9.93. The van der Waals surface area contributed by atoms with E-state index < -0.39 is 23.8 Å². The lowest BCUT2D eigenvalue weighted by Crippen LogP contribution is -2.54. The molecule has 13 heteroatoms. The number of ether oxygens (including phenoxy) is 1. The number of amides is 2. The van der Waals surface area contributed by atoms with Crippen molar-refractivity contribution in [3.05, 3.63) is 99.0 Å². The van der Waals surface area contributed by atoms with Crippen LogP contribution in [0.3, 0.4) is 0 Å². The van der Waals surface area contributed by atoms with E-state index in [0.717, 1.165) is 23.3 Å². The molecule has 0 saturated carbocycles. The summed E-state index contributed by atoms with van der Waals surface area (Å²) in [5.74, 6) is 0.167. The van der Waals surface area contributed by atoms with Gasteiger partial charge in [-0.1, -0.05) is 47.5 Å². The number of hydrogen-bond acceptors (Lipinski definition) is 5. The summed E-state index contributed by atoms with van der Waals surface area (Å²) in [7, 11) is 0. The van der Waals surface area contributed by atoms with Crippen molar-refractivity contribution in [2.24, 2.45) is 4.99 Å². The second kappa shape index (κ2) is 14.1. The van der Waals surface area contributed by atoms with Crippen LogP contribution in [0, 0.1) is 11.3 Å². The minimum absolute atomic E-state index is 0. The van der Waals surface area contributed by atoms with E-state index >= 15 is 0 Å². The van der Waals surface area contributed by atoms with Crippen molar-refractivity contribution in [3.63, 3.8) is 0 Å². The van der Waals surface area contributed by atoms with E-state index in [1.54, 1.807) is 41.0 Å². The number of rotatable bonds is 6. The Morgan fingerprint density at radius 2 is 1.57 bits per heavy atom. The van der Waals surface area contributed by atoms with Gasteiger partial charge in [-0.3, -0.25) is 14.8 Å². The molecule has 2 amide bonds. The fraction of sp³-hybridized carbons (Fsp3) is 0.323. The van der Waals surface area contributed by atoms with Crippen molar-refractivity contribution in [2.45, 2.75) is 25.2 Å². The summed E-state index contributed by atoms with van der Waals surface area (Å²) < 4.78 is 46.8. The van der Waals surface area contributed by atoms with E-state index in [1.807, 2.05) is 29.2 Å². The maximum absolute atomic E-state index is 14.4. The zero-order valence-electron chi connectivity index (χ0n) is 23.6. The molecule has 2 atom stereocenters. The summed E-state index contributed by atoms with van der Waals surface area (Å²) in [5.41, 5.74) is 0.903. The van der Waals surface area contributed by atoms with Crippen LogP contribution in [-0.4, -0.2) is 65.9 Å². The minimum Gasteiger partial charge on any atom is -0.493 e. The van der Waals surface area contributed by atoms with Gasteiger partial charge in [0.2, 0.25) is 0 Å². The molecule has 232 valence electrons. The van der Waals surface area contributed by atoms with Crippen molar-refractivity contribution in [3.8, 4) is 11.8 Å². The van der Waals surface area contributed by atoms with Gasteiger partial charge >= 0.3 is 12.2 Å². The van der Waals surface area contributed by atoms with Crippen LogP contribution in [0.15, 0.2) is 71.7 Å². The molecular formula is C31H29Cl3F3N5O2. The Bertz CT molecular complexity index is 1540. The second-order valence-corrected chi connectivity index (χ2v) is 11.0. The summed E-state index contributed by atoms with van der Waals surface area (Å²) in [6.45, 7) is 3.80. The summed E-state index contributed by atoms with van der Waals surface area (Å²) in [6, 6.07) is 17.9. The molecule has 2 heterocycles. The Balaban J connectivity index is 0.00000442. The number of urea groups is 1.